The molecule has 0 amide bonds. The number of hydrogen-bond acceptors (Lipinski definition) is 0. The van der Waals surface area contributed by atoms with E-state index >= 15 is 0 Å². The topological polar surface area (TPSA) is 0 Å². The zero-order valence-electron chi connectivity index (χ0n) is 6.94. The van der Waals surface area contributed by atoms with E-state index in [1.165, 1.54) is 0 Å². The van der Waals surface area contributed by atoms with Gasteiger partial charge in [-0.25, -0.2) is 24.3 Å². The number of rotatable bonds is 0. The Morgan fingerprint density at radius 2 is 0.923 bits per heavy atom. The fourth-order valence-electron chi connectivity index (χ4n) is 0.642. The van der Waals surface area contributed by atoms with Gasteiger partial charge in [-0.2, -0.15) is 36.4 Å². The van der Waals surface area contributed by atoms with Crippen LogP contribution in [0.25, 0.3) is 0 Å². The van der Waals surface area contributed by atoms with Crippen LogP contribution in [-0.2, 0) is 11.2 Å². The second-order valence-corrected chi connectivity index (χ2v) is 23.4. The molecule has 0 heterocycles. The van der Waals surface area contributed by atoms with Gasteiger partial charge in [-0.15, -0.1) is 0 Å². The number of hydrogen-bond donors (Lipinski definition) is 0. The van der Waals surface area contributed by atoms with E-state index in [4.69, 9.17) is 0 Å². The van der Waals surface area contributed by atoms with Gasteiger partial charge < -0.3 is 0 Å². The maximum absolute atomic E-state index is 2.44. The predicted octanol–water partition coefficient (Wildman–Crippen LogP) is 4.58. The Morgan fingerprint density at radius 3 is 1.00 bits per heavy atom. The molecule has 0 saturated carbocycles. The second kappa shape index (κ2) is 12.8. The molecular weight excluding hydrogens is 558 g/mol. The van der Waals surface area contributed by atoms with Gasteiger partial charge >= 0.3 is 49.9 Å². The summed E-state index contributed by atoms with van der Waals surface area (Å²) in [5.41, 5.74) is 0. The van der Waals surface area contributed by atoms with E-state index in [0.717, 1.165) is 0 Å². The van der Waals surface area contributed by atoms with Gasteiger partial charge in [0.05, 0.1) is 0 Å². The van der Waals surface area contributed by atoms with E-state index in [-0.39, 0.29) is 11.2 Å². The SMILES string of the molecule is [I][W][I].c1cc[cH-]c1.c1cc[cH-]c1. The van der Waals surface area contributed by atoms with Crippen molar-refractivity contribution in [1.29, 1.82) is 0 Å². The van der Waals surface area contributed by atoms with E-state index < -0.39 is 0 Å². The minimum Gasteiger partial charge on any atom is -0.214 e. The molecule has 0 atom stereocenters. The van der Waals surface area contributed by atoms with Gasteiger partial charge in [-0.1, -0.05) is 0 Å². The molecular formula is C10H10I2W-2. The Labute approximate surface area is 109 Å². The Morgan fingerprint density at radius 1 is 0.692 bits per heavy atom. The molecule has 0 fully saturated rings. The van der Waals surface area contributed by atoms with Crippen molar-refractivity contribution in [3.8, 4) is 0 Å². The van der Waals surface area contributed by atoms with Crippen LogP contribution in [-0.4, -0.2) is 0 Å². The van der Waals surface area contributed by atoms with Gasteiger partial charge in [0.1, 0.15) is 0 Å². The maximum atomic E-state index is 2.44. The smallest absolute Gasteiger partial charge is 0.172 e. The summed E-state index contributed by atoms with van der Waals surface area (Å²) in [5, 5.41) is 0. The van der Waals surface area contributed by atoms with Crippen LogP contribution in [0.3, 0.4) is 0 Å². The minimum absolute atomic E-state index is 0.190. The van der Waals surface area contributed by atoms with Crippen molar-refractivity contribution >= 4 is 38.7 Å². The van der Waals surface area contributed by atoms with Gasteiger partial charge in [0.15, 0.2) is 0 Å². The molecule has 0 unspecified atom stereocenters. The normalized spacial score (nSPS) is 7.54. The maximum Gasteiger partial charge on any atom is -0.172 e. The predicted molar refractivity (Wildman–Crippen MR) is 72.1 cm³/mol. The molecule has 13 heavy (non-hydrogen) atoms. The largest absolute Gasteiger partial charge is 0.214 e. The third kappa shape index (κ3) is 12.8. The molecule has 0 N–H and O–H groups in total. The van der Waals surface area contributed by atoms with Crippen molar-refractivity contribution in [3.63, 3.8) is 0 Å². The van der Waals surface area contributed by atoms with Crippen LogP contribution in [0, 0.1) is 0 Å². The monoisotopic (exact) mass is 568 g/mol. The number of halogens is 2. The molecule has 0 aromatic heterocycles. The van der Waals surface area contributed by atoms with Gasteiger partial charge in [0.2, 0.25) is 0 Å². The zero-order valence-corrected chi connectivity index (χ0v) is 14.2. The van der Waals surface area contributed by atoms with Crippen LogP contribution in [0.15, 0.2) is 60.7 Å². The van der Waals surface area contributed by atoms with E-state index in [2.05, 4.69) is 38.7 Å². The van der Waals surface area contributed by atoms with E-state index in [1.807, 2.05) is 60.7 Å². The minimum atomic E-state index is 0.190. The van der Waals surface area contributed by atoms with Crippen LogP contribution in [0.2, 0.25) is 0 Å². The van der Waals surface area contributed by atoms with Crippen LogP contribution in [0.5, 0.6) is 0 Å². The van der Waals surface area contributed by atoms with E-state index in [0.29, 0.717) is 0 Å². The molecule has 0 aliphatic carbocycles. The zero-order chi connectivity index (χ0) is 9.78. The summed E-state index contributed by atoms with van der Waals surface area (Å²) in [6.07, 6.45) is 0. The Kier molecular flexibility index (Phi) is 13.7. The first-order valence-electron chi connectivity index (χ1n) is 3.64. The van der Waals surface area contributed by atoms with E-state index in [1.54, 1.807) is 0 Å². The molecule has 0 radical (unpaired) electrons. The summed E-state index contributed by atoms with van der Waals surface area (Å²) in [6.45, 7) is 0. The van der Waals surface area contributed by atoms with Gasteiger partial charge in [-0.05, 0) is 0 Å². The molecule has 0 spiro atoms. The third-order valence-electron chi connectivity index (χ3n) is 1.11. The van der Waals surface area contributed by atoms with E-state index in [9.17, 15) is 0 Å². The molecule has 0 saturated heterocycles. The summed E-state index contributed by atoms with van der Waals surface area (Å²) in [7, 11) is 0. The standard InChI is InChI=1S/2C5H5.2HI.W/c2*1-2-4-5-3-1;;;/h2*1-5H;2*1H;/q2*-1;;;+2/p-2. The fourth-order valence-corrected chi connectivity index (χ4v) is 0.642. The van der Waals surface area contributed by atoms with Gasteiger partial charge in [-0.3, -0.25) is 0 Å². The average molecular weight is 568 g/mol. The van der Waals surface area contributed by atoms with Crippen LogP contribution < -0.4 is 0 Å². The third-order valence-corrected chi connectivity index (χ3v) is 1.11. The molecule has 2 aromatic carbocycles. The Hall–Kier alpha value is 0.848. The Bertz CT molecular complexity index is 165. The van der Waals surface area contributed by atoms with Gasteiger partial charge in [0, 0.05) is 0 Å². The first-order valence-corrected chi connectivity index (χ1v) is 20.3. The quantitative estimate of drug-likeness (QED) is 0.323. The van der Waals surface area contributed by atoms with Gasteiger partial charge in [0.25, 0.3) is 0 Å². The summed E-state index contributed by atoms with van der Waals surface area (Å²) in [6, 6.07) is 20.0. The molecule has 0 nitrogen and oxygen atoms in total. The molecule has 0 aliphatic rings. The Balaban J connectivity index is 0.000000174. The molecule has 0 aliphatic heterocycles. The van der Waals surface area contributed by atoms with Crippen molar-refractivity contribution in [1.82, 2.24) is 0 Å². The summed E-state index contributed by atoms with van der Waals surface area (Å²) >= 11 is 5.07. The van der Waals surface area contributed by atoms with Crippen molar-refractivity contribution in [2.45, 2.75) is 0 Å². The van der Waals surface area contributed by atoms with Crippen molar-refractivity contribution < 1.29 is 11.2 Å². The first kappa shape index (κ1) is 13.8. The first-order chi connectivity index (χ1) is 6.41. The second-order valence-electron chi connectivity index (χ2n) is 1.98. The van der Waals surface area contributed by atoms with Crippen LogP contribution in [0.4, 0.5) is 0 Å². The van der Waals surface area contributed by atoms with Crippen molar-refractivity contribution in [2.24, 2.45) is 0 Å². The molecule has 0 bridgehead atoms. The van der Waals surface area contributed by atoms with Crippen molar-refractivity contribution in [3.05, 3.63) is 60.7 Å². The summed E-state index contributed by atoms with van der Waals surface area (Å²) in [5.74, 6) is 0. The fraction of sp³-hybridized carbons (Fsp3) is 0. The summed E-state index contributed by atoms with van der Waals surface area (Å²) < 4.78 is 0. The van der Waals surface area contributed by atoms with Crippen LogP contribution >= 0.6 is 38.7 Å². The molecule has 2 rings (SSSR count). The molecule has 2 aromatic rings. The van der Waals surface area contributed by atoms with Crippen molar-refractivity contribution in [2.75, 3.05) is 0 Å². The van der Waals surface area contributed by atoms with Crippen LogP contribution in [0.1, 0.15) is 0 Å². The average Bonchev–Trinajstić information content (AvgIpc) is 2.85. The molecule has 3 heteroatoms. The molecule has 72 valence electrons. The summed E-state index contributed by atoms with van der Waals surface area (Å²) in [4.78, 5) is 0.